The number of nitrogens with one attached hydrogen (secondary N) is 1. The van der Waals surface area contributed by atoms with Crippen molar-refractivity contribution in [2.24, 2.45) is 0 Å². The predicted molar refractivity (Wildman–Crippen MR) is 120 cm³/mol. The van der Waals surface area contributed by atoms with Gasteiger partial charge in [0.2, 0.25) is 10.0 Å². The number of sulfonamides is 1. The Balaban J connectivity index is 1.21. The van der Waals surface area contributed by atoms with Gasteiger partial charge < -0.3 is 14.7 Å². The topological polar surface area (TPSA) is 117 Å². The minimum atomic E-state index is -3.51. The van der Waals surface area contributed by atoms with Crippen LogP contribution < -0.4 is 10.2 Å². The third-order valence-electron chi connectivity index (χ3n) is 5.30. The van der Waals surface area contributed by atoms with Gasteiger partial charge >= 0.3 is 0 Å². The van der Waals surface area contributed by atoms with Crippen molar-refractivity contribution in [1.82, 2.24) is 24.6 Å². The summed E-state index contributed by atoms with van der Waals surface area (Å²) >= 11 is 0. The number of para-hydroxylation sites is 1. The van der Waals surface area contributed by atoms with E-state index in [0.717, 1.165) is 5.39 Å². The van der Waals surface area contributed by atoms with Gasteiger partial charge in [0.25, 0.3) is 0 Å². The SMILES string of the molecule is O=S(=O)(Cc1noc2ccccc12)N1CCN(c2ccc(Nc3ccccn3)nn2)CC1. The summed E-state index contributed by atoms with van der Waals surface area (Å²) in [6.07, 6.45) is 1.70. The van der Waals surface area contributed by atoms with Crippen LogP contribution in [-0.2, 0) is 15.8 Å². The molecule has 0 atom stereocenters. The number of hydrogen-bond donors (Lipinski definition) is 1. The minimum Gasteiger partial charge on any atom is -0.356 e. The number of nitrogens with zero attached hydrogens (tertiary/aromatic N) is 6. The van der Waals surface area contributed by atoms with Crippen molar-refractivity contribution >= 4 is 38.4 Å². The summed E-state index contributed by atoms with van der Waals surface area (Å²) in [6, 6.07) is 16.5. The zero-order chi connectivity index (χ0) is 22.0. The molecular weight excluding hydrogens is 430 g/mol. The molecular formula is C21H21N7O3S. The summed E-state index contributed by atoms with van der Waals surface area (Å²) in [4.78, 5) is 6.22. The monoisotopic (exact) mass is 451 g/mol. The average molecular weight is 452 g/mol. The number of anilines is 3. The molecule has 1 fully saturated rings. The van der Waals surface area contributed by atoms with Gasteiger partial charge in [-0.1, -0.05) is 23.4 Å². The lowest BCUT2D eigenvalue weighted by Gasteiger charge is -2.34. The Kier molecular flexibility index (Phi) is 5.41. The smallest absolute Gasteiger partial charge is 0.220 e. The van der Waals surface area contributed by atoms with Gasteiger partial charge in [-0.2, -0.15) is 4.31 Å². The molecule has 4 heterocycles. The predicted octanol–water partition coefficient (Wildman–Crippen LogP) is 2.41. The van der Waals surface area contributed by atoms with E-state index >= 15 is 0 Å². The second-order valence-electron chi connectivity index (χ2n) is 7.38. The first kappa shape index (κ1) is 20.3. The molecule has 4 aromatic rings. The molecule has 3 aromatic heterocycles. The van der Waals surface area contributed by atoms with Gasteiger partial charge in [0.05, 0.1) is 0 Å². The first-order valence-electron chi connectivity index (χ1n) is 10.2. The highest BCUT2D eigenvalue weighted by molar-refractivity contribution is 7.88. The fraction of sp³-hybridized carbons (Fsp3) is 0.238. The zero-order valence-electron chi connectivity index (χ0n) is 17.1. The number of pyridine rings is 1. The average Bonchev–Trinajstić information content (AvgIpc) is 3.23. The van der Waals surface area contributed by atoms with Gasteiger partial charge in [-0.15, -0.1) is 10.2 Å². The van der Waals surface area contributed by atoms with Crippen LogP contribution in [0.25, 0.3) is 11.0 Å². The van der Waals surface area contributed by atoms with Crippen molar-refractivity contribution in [2.45, 2.75) is 5.75 Å². The molecule has 0 aliphatic carbocycles. The Morgan fingerprint density at radius 3 is 2.47 bits per heavy atom. The molecule has 5 rings (SSSR count). The molecule has 11 heteroatoms. The molecule has 0 amide bonds. The van der Waals surface area contributed by atoms with Crippen LogP contribution in [0.1, 0.15) is 5.69 Å². The first-order chi connectivity index (χ1) is 15.6. The molecule has 10 nitrogen and oxygen atoms in total. The highest BCUT2D eigenvalue weighted by Gasteiger charge is 2.29. The maximum absolute atomic E-state index is 12.9. The largest absolute Gasteiger partial charge is 0.356 e. The molecule has 1 saturated heterocycles. The number of rotatable bonds is 6. The van der Waals surface area contributed by atoms with Gasteiger partial charge in [0.15, 0.2) is 17.2 Å². The molecule has 164 valence electrons. The van der Waals surface area contributed by atoms with Crippen molar-refractivity contribution in [3.05, 3.63) is 66.5 Å². The second kappa shape index (κ2) is 8.52. The maximum atomic E-state index is 12.9. The molecule has 0 saturated carbocycles. The standard InChI is InChI=1S/C21H21N7O3S/c29-32(30,15-17-16-5-1-2-6-18(16)31-26-17)28-13-11-27(12-14-28)21-9-8-20(24-25-21)23-19-7-3-4-10-22-19/h1-10H,11-15H2,(H,22,23,24). The summed E-state index contributed by atoms with van der Waals surface area (Å²) in [5.41, 5.74) is 1.02. The van der Waals surface area contributed by atoms with Crippen molar-refractivity contribution in [1.29, 1.82) is 0 Å². The Hall–Kier alpha value is -3.57. The minimum absolute atomic E-state index is 0.183. The molecule has 1 N–H and O–H groups in total. The van der Waals surface area contributed by atoms with Crippen LogP contribution in [0.2, 0.25) is 0 Å². The van der Waals surface area contributed by atoms with Gasteiger partial charge in [0.1, 0.15) is 17.3 Å². The summed E-state index contributed by atoms with van der Waals surface area (Å²) in [6.45, 7) is 1.79. The Labute approximate surface area is 184 Å². The second-order valence-corrected chi connectivity index (χ2v) is 9.35. The fourth-order valence-electron chi connectivity index (χ4n) is 3.63. The molecule has 0 spiro atoms. The van der Waals surface area contributed by atoms with Crippen LogP contribution >= 0.6 is 0 Å². The van der Waals surface area contributed by atoms with Crippen LogP contribution in [0.5, 0.6) is 0 Å². The summed E-state index contributed by atoms with van der Waals surface area (Å²) in [7, 11) is -3.51. The number of hydrogen-bond acceptors (Lipinski definition) is 9. The van der Waals surface area contributed by atoms with E-state index in [0.29, 0.717) is 54.9 Å². The lowest BCUT2D eigenvalue weighted by Crippen LogP contribution is -2.49. The van der Waals surface area contributed by atoms with Gasteiger partial charge in [-0.05, 0) is 36.4 Å². The van der Waals surface area contributed by atoms with Crippen LogP contribution in [-0.4, -0.2) is 59.2 Å². The van der Waals surface area contributed by atoms with Gasteiger partial charge in [-0.3, -0.25) is 0 Å². The van der Waals surface area contributed by atoms with E-state index in [1.807, 2.05) is 53.4 Å². The van der Waals surface area contributed by atoms with Crippen LogP contribution in [0.15, 0.2) is 65.3 Å². The number of piperazine rings is 1. The highest BCUT2D eigenvalue weighted by Crippen LogP contribution is 2.23. The third-order valence-corrected chi connectivity index (χ3v) is 7.09. The van der Waals surface area contributed by atoms with E-state index < -0.39 is 10.0 Å². The molecule has 32 heavy (non-hydrogen) atoms. The molecule has 1 aliphatic rings. The van der Waals surface area contributed by atoms with Gasteiger partial charge in [-0.25, -0.2) is 13.4 Å². The van der Waals surface area contributed by atoms with Crippen LogP contribution in [0.4, 0.5) is 17.5 Å². The Morgan fingerprint density at radius 2 is 1.72 bits per heavy atom. The van der Waals surface area contributed by atoms with Crippen molar-refractivity contribution in [3.63, 3.8) is 0 Å². The van der Waals surface area contributed by atoms with Crippen LogP contribution in [0.3, 0.4) is 0 Å². The van der Waals surface area contributed by atoms with E-state index in [1.165, 1.54) is 4.31 Å². The third kappa shape index (κ3) is 4.25. The number of aromatic nitrogens is 4. The van der Waals surface area contributed by atoms with Crippen molar-refractivity contribution in [3.8, 4) is 0 Å². The molecule has 0 unspecified atom stereocenters. The molecule has 0 radical (unpaired) electrons. The zero-order valence-corrected chi connectivity index (χ0v) is 17.9. The van der Waals surface area contributed by atoms with E-state index in [4.69, 9.17) is 4.52 Å². The van der Waals surface area contributed by atoms with E-state index in [2.05, 4.69) is 25.7 Å². The summed E-state index contributed by atoms with van der Waals surface area (Å²) < 4.78 is 32.6. The molecule has 1 aliphatic heterocycles. The highest BCUT2D eigenvalue weighted by atomic mass is 32.2. The maximum Gasteiger partial charge on any atom is 0.220 e. The van der Waals surface area contributed by atoms with Crippen LogP contribution in [0, 0.1) is 0 Å². The first-order valence-corrected chi connectivity index (χ1v) is 11.8. The quantitative estimate of drug-likeness (QED) is 0.471. The van der Waals surface area contributed by atoms with E-state index in [1.54, 1.807) is 12.3 Å². The Morgan fingerprint density at radius 1 is 0.906 bits per heavy atom. The lowest BCUT2D eigenvalue weighted by atomic mass is 10.2. The van der Waals surface area contributed by atoms with E-state index in [-0.39, 0.29) is 5.75 Å². The summed E-state index contributed by atoms with van der Waals surface area (Å²) in [5.74, 6) is 1.80. The van der Waals surface area contributed by atoms with Crippen molar-refractivity contribution in [2.75, 3.05) is 36.4 Å². The molecule has 0 bridgehead atoms. The fourth-order valence-corrected chi connectivity index (χ4v) is 5.09. The number of fused-ring (bicyclic) bond motifs is 1. The van der Waals surface area contributed by atoms with E-state index in [9.17, 15) is 8.42 Å². The molecule has 1 aromatic carbocycles. The summed E-state index contributed by atoms with van der Waals surface area (Å²) in [5, 5.41) is 16.3. The number of benzene rings is 1. The Bertz CT molecular complexity index is 1300. The normalized spacial score (nSPS) is 15.2. The lowest BCUT2D eigenvalue weighted by molar-refractivity contribution is 0.381. The van der Waals surface area contributed by atoms with Gasteiger partial charge in [0, 0.05) is 37.8 Å². The van der Waals surface area contributed by atoms with Crippen molar-refractivity contribution < 1.29 is 12.9 Å².